The van der Waals surface area contributed by atoms with Gasteiger partial charge in [0.05, 0.1) is 5.69 Å². The quantitative estimate of drug-likeness (QED) is 0.398. The van der Waals surface area contributed by atoms with Crippen LogP contribution in [0.4, 0.5) is 5.69 Å². The number of fused-ring (bicyclic) bond motifs is 1. The van der Waals surface area contributed by atoms with E-state index in [-0.39, 0.29) is 12.5 Å². The van der Waals surface area contributed by atoms with E-state index in [9.17, 15) is 4.79 Å². The van der Waals surface area contributed by atoms with E-state index >= 15 is 0 Å². The average Bonchev–Trinajstić information content (AvgIpc) is 3.16. The van der Waals surface area contributed by atoms with E-state index < -0.39 is 0 Å². The van der Waals surface area contributed by atoms with Crippen LogP contribution < -0.4 is 5.32 Å². The van der Waals surface area contributed by atoms with Gasteiger partial charge < -0.3 is 5.32 Å². The van der Waals surface area contributed by atoms with Crippen molar-refractivity contribution in [1.82, 2.24) is 14.8 Å². The number of aromatic nitrogens is 3. The molecule has 0 unspecified atom stereocenters. The second-order valence-corrected chi connectivity index (χ2v) is 7.66. The highest BCUT2D eigenvalue weighted by Gasteiger charge is 2.16. The van der Waals surface area contributed by atoms with Gasteiger partial charge in [-0.3, -0.25) is 4.79 Å². The lowest BCUT2D eigenvalue weighted by Crippen LogP contribution is -2.19. The van der Waals surface area contributed by atoms with Gasteiger partial charge in [0.2, 0.25) is 5.91 Å². The zero-order valence-corrected chi connectivity index (χ0v) is 17.7. The van der Waals surface area contributed by atoms with Crippen LogP contribution in [-0.2, 0) is 11.3 Å². The van der Waals surface area contributed by atoms with Crippen LogP contribution in [0.1, 0.15) is 5.69 Å². The van der Waals surface area contributed by atoms with Crippen molar-refractivity contribution in [3.8, 4) is 22.3 Å². The number of amides is 1. The van der Waals surface area contributed by atoms with E-state index in [0.717, 1.165) is 39.0 Å². The second kappa shape index (κ2) is 8.47. The third-order valence-electron chi connectivity index (χ3n) is 5.46. The summed E-state index contributed by atoms with van der Waals surface area (Å²) in [5, 5.41) is 8.54. The van der Waals surface area contributed by atoms with Crippen LogP contribution in [-0.4, -0.2) is 20.7 Å². The van der Waals surface area contributed by atoms with Gasteiger partial charge in [-0.15, -0.1) is 0 Å². The smallest absolute Gasteiger partial charge is 0.246 e. The Morgan fingerprint density at radius 3 is 2.12 bits per heavy atom. The summed E-state index contributed by atoms with van der Waals surface area (Å²) in [6, 6.07) is 30.1. The molecule has 0 spiro atoms. The summed E-state index contributed by atoms with van der Waals surface area (Å²) in [4.78, 5) is 17.3. The number of rotatable bonds is 5. The van der Waals surface area contributed by atoms with Crippen molar-refractivity contribution in [2.45, 2.75) is 13.5 Å². The Bertz CT molecular complexity index is 1370. The molecule has 2 aromatic heterocycles. The fourth-order valence-corrected chi connectivity index (χ4v) is 3.96. The van der Waals surface area contributed by atoms with Gasteiger partial charge in [0.1, 0.15) is 6.54 Å². The molecule has 5 rings (SSSR count). The third-order valence-corrected chi connectivity index (χ3v) is 5.46. The minimum absolute atomic E-state index is 0.0933. The minimum Gasteiger partial charge on any atom is -0.324 e. The number of hydrogen-bond acceptors (Lipinski definition) is 3. The van der Waals surface area contributed by atoms with E-state index in [1.54, 1.807) is 10.9 Å². The van der Waals surface area contributed by atoms with Crippen LogP contribution in [0.3, 0.4) is 0 Å². The topological polar surface area (TPSA) is 59.8 Å². The Kier molecular flexibility index (Phi) is 5.22. The van der Waals surface area contributed by atoms with E-state index in [2.05, 4.69) is 39.7 Å². The molecule has 0 atom stereocenters. The summed E-state index contributed by atoms with van der Waals surface area (Å²) >= 11 is 0. The number of benzene rings is 3. The first-order valence-corrected chi connectivity index (χ1v) is 10.5. The standard InChI is InChI=1S/C27H22N4O/c1-19-26-24(22-10-6-3-7-11-22)16-17-28-27(26)31(30-19)18-25(32)29-23-14-12-21(13-15-23)20-8-4-2-5-9-20/h2-17H,18H2,1H3,(H,29,32). The fourth-order valence-electron chi connectivity index (χ4n) is 3.96. The van der Waals surface area contributed by atoms with Crippen LogP contribution in [0, 0.1) is 6.92 Å². The molecule has 0 saturated carbocycles. The molecule has 3 aromatic carbocycles. The van der Waals surface area contributed by atoms with Crippen molar-refractivity contribution in [1.29, 1.82) is 0 Å². The van der Waals surface area contributed by atoms with Crippen molar-refractivity contribution in [3.63, 3.8) is 0 Å². The predicted molar refractivity (Wildman–Crippen MR) is 128 cm³/mol. The first-order chi connectivity index (χ1) is 15.7. The molecule has 0 aliphatic carbocycles. The summed E-state index contributed by atoms with van der Waals surface area (Å²) in [7, 11) is 0. The molecule has 0 radical (unpaired) electrons. The van der Waals surface area contributed by atoms with Gasteiger partial charge in [0.25, 0.3) is 0 Å². The number of aryl methyl sites for hydroxylation is 1. The van der Waals surface area contributed by atoms with Gasteiger partial charge in [-0.05, 0) is 47.4 Å². The molecule has 0 saturated heterocycles. The molecule has 156 valence electrons. The Labute approximate surface area is 186 Å². The van der Waals surface area contributed by atoms with Crippen LogP contribution in [0.2, 0.25) is 0 Å². The zero-order chi connectivity index (χ0) is 21.9. The fraction of sp³-hybridized carbons (Fsp3) is 0.0741. The zero-order valence-electron chi connectivity index (χ0n) is 17.7. The predicted octanol–water partition coefficient (Wildman–Crippen LogP) is 5.71. The molecule has 32 heavy (non-hydrogen) atoms. The molecule has 0 aliphatic heterocycles. The summed E-state index contributed by atoms with van der Waals surface area (Å²) < 4.78 is 1.67. The van der Waals surface area contributed by atoms with E-state index in [1.165, 1.54) is 0 Å². The maximum Gasteiger partial charge on any atom is 0.246 e. The molecule has 1 amide bonds. The van der Waals surface area contributed by atoms with E-state index in [1.807, 2.05) is 73.7 Å². The van der Waals surface area contributed by atoms with Crippen molar-refractivity contribution in [2.75, 3.05) is 5.32 Å². The molecule has 5 nitrogen and oxygen atoms in total. The summed E-state index contributed by atoms with van der Waals surface area (Å²) in [6.45, 7) is 2.04. The molecule has 0 bridgehead atoms. The van der Waals surface area contributed by atoms with Crippen molar-refractivity contribution in [2.24, 2.45) is 0 Å². The largest absolute Gasteiger partial charge is 0.324 e. The van der Waals surface area contributed by atoms with Gasteiger partial charge >= 0.3 is 0 Å². The highest BCUT2D eigenvalue weighted by molar-refractivity contribution is 5.96. The number of hydrogen-bond donors (Lipinski definition) is 1. The van der Waals surface area contributed by atoms with Crippen molar-refractivity contribution < 1.29 is 4.79 Å². The number of pyridine rings is 1. The molecule has 2 heterocycles. The number of carbonyl (C=O) groups excluding carboxylic acids is 1. The van der Waals surface area contributed by atoms with Gasteiger partial charge in [-0.25, -0.2) is 9.67 Å². The van der Waals surface area contributed by atoms with Crippen LogP contribution in [0.15, 0.2) is 97.2 Å². The third kappa shape index (κ3) is 3.88. The monoisotopic (exact) mass is 418 g/mol. The molecule has 0 aliphatic rings. The first-order valence-electron chi connectivity index (χ1n) is 10.5. The number of carbonyl (C=O) groups is 1. The molecular formula is C27H22N4O. The van der Waals surface area contributed by atoms with Crippen LogP contribution >= 0.6 is 0 Å². The maximum atomic E-state index is 12.7. The highest BCUT2D eigenvalue weighted by Crippen LogP contribution is 2.29. The molecular weight excluding hydrogens is 396 g/mol. The molecule has 5 aromatic rings. The summed E-state index contributed by atoms with van der Waals surface area (Å²) in [5.74, 6) is -0.145. The number of nitrogens with zero attached hydrogens (tertiary/aromatic N) is 3. The summed E-state index contributed by atoms with van der Waals surface area (Å²) in [6.07, 6.45) is 1.77. The maximum absolute atomic E-state index is 12.7. The normalized spacial score (nSPS) is 10.9. The van der Waals surface area contributed by atoms with E-state index in [0.29, 0.717) is 5.65 Å². The van der Waals surface area contributed by atoms with Crippen LogP contribution in [0.25, 0.3) is 33.3 Å². The lowest BCUT2D eigenvalue weighted by Gasteiger charge is -2.08. The lowest BCUT2D eigenvalue weighted by atomic mass is 10.0. The highest BCUT2D eigenvalue weighted by atomic mass is 16.2. The first kappa shape index (κ1) is 19.7. The number of anilines is 1. The second-order valence-electron chi connectivity index (χ2n) is 7.66. The van der Waals surface area contributed by atoms with Gasteiger partial charge in [-0.2, -0.15) is 5.10 Å². The Hall–Kier alpha value is -4.25. The van der Waals surface area contributed by atoms with Gasteiger partial charge in [0.15, 0.2) is 5.65 Å². The Balaban J connectivity index is 1.36. The molecule has 0 fully saturated rings. The van der Waals surface area contributed by atoms with Gasteiger partial charge in [-0.1, -0.05) is 72.8 Å². The van der Waals surface area contributed by atoms with Crippen molar-refractivity contribution in [3.05, 3.63) is 103 Å². The average molecular weight is 419 g/mol. The minimum atomic E-state index is -0.145. The van der Waals surface area contributed by atoms with Crippen LogP contribution in [0.5, 0.6) is 0 Å². The number of nitrogens with one attached hydrogen (secondary N) is 1. The Morgan fingerprint density at radius 1 is 0.812 bits per heavy atom. The van der Waals surface area contributed by atoms with E-state index in [4.69, 9.17) is 0 Å². The molecule has 1 N–H and O–H groups in total. The van der Waals surface area contributed by atoms with Gasteiger partial charge in [0, 0.05) is 17.3 Å². The summed E-state index contributed by atoms with van der Waals surface area (Å²) in [5.41, 5.74) is 6.73. The lowest BCUT2D eigenvalue weighted by molar-refractivity contribution is -0.116. The van der Waals surface area contributed by atoms with Crippen molar-refractivity contribution >= 4 is 22.6 Å². The molecule has 5 heteroatoms. The Morgan fingerprint density at radius 2 is 1.44 bits per heavy atom. The SMILES string of the molecule is Cc1nn(CC(=O)Nc2ccc(-c3ccccc3)cc2)c2nccc(-c3ccccc3)c12.